The predicted octanol–water partition coefficient (Wildman–Crippen LogP) is 1.22. The third-order valence-corrected chi connectivity index (χ3v) is 3.20. The van der Waals surface area contributed by atoms with Crippen LogP contribution in [0.25, 0.3) is 0 Å². The molecule has 14 heavy (non-hydrogen) atoms. The van der Waals surface area contributed by atoms with E-state index >= 15 is 0 Å². The fourth-order valence-corrected chi connectivity index (χ4v) is 2.22. The molecule has 1 N–H and O–H groups in total. The van der Waals surface area contributed by atoms with Crippen molar-refractivity contribution in [3.8, 4) is 6.07 Å². The Morgan fingerprint density at radius 1 is 1.57 bits per heavy atom. The molecule has 80 valence electrons. The van der Waals surface area contributed by atoms with Gasteiger partial charge in [0.1, 0.15) is 6.04 Å². The largest absolute Gasteiger partial charge is 0.304 e. The van der Waals surface area contributed by atoms with Crippen molar-refractivity contribution in [1.29, 1.82) is 5.26 Å². The third kappa shape index (κ3) is 2.70. The van der Waals surface area contributed by atoms with Crippen LogP contribution in [0.5, 0.6) is 0 Å². The maximum absolute atomic E-state index is 8.95. The van der Waals surface area contributed by atoms with E-state index in [4.69, 9.17) is 5.26 Å². The van der Waals surface area contributed by atoms with Gasteiger partial charge in [-0.05, 0) is 39.3 Å². The summed E-state index contributed by atoms with van der Waals surface area (Å²) >= 11 is 0. The number of piperidine rings is 1. The van der Waals surface area contributed by atoms with Crippen molar-refractivity contribution in [2.24, 2.45) is 5.92 Å². The van der Waals surface area contributed by atoms with Crippen molar-refractivity contribution < 1.29 is 0 Å². The van der Waals surface area contributed by atoms with Gasteiger partial charge in [0.05, 0.1) is 6.07 Å². The second kappa shape index (κ2) is 5.33. The summed E-state index contributed by atoms with van der Waals surface area (Å²) in [7, 11) is 1.86. The summed E-state index contributed by atoms with van der Waals surface area (Å²) in [6, 6.07) is 2.60. The second-order valence-corrected chi connectivity index (χ2v) is 4.38. The lowest BCUT2D eigenvalue weighted by atomic mass is 9.97. The Balaban J connectivity index is 2.50. The molecule has 3 heteroatoms. The Morgan fingerprint density at radius 3 is 2.79 bits per heavy atom. The molecule has 0 radical (unpaired) electrons. The van der Waals surface area contributed by atoms with Crippen LogP contribution in [0.4, 0.5) is 0 Å². The van der Waals surface area contributed by atoms with Crippen molar-refractivity contribution in [3.63, 3.8) is 0 Å². The molecule has 1 aliphatic rings. The molecule has 0 aromatic heterocycles. The highest BCUT2D eigenvalue weighted by molar-refractivity contribution is 4.97. The molecular formula is C11H21N3. The molecule has 0 spiro atoms. The number of likely N-dealkylation sites (N-methyl/N-ethyl adjacent to an activating group) is 1. The van der Waals surface area contributed by atoms with Gasteiger partial charge in [-0.3, -0.25) is 4.90 Å². The second-order valence-electron chi connectivity index (χ2n) is 4.38. The van der Waals surface area contributed by atoms with E-state index in [2.05, 4.69) is 30.1 Å². The SMILES string of the molecule is CNC(C#N)C(C)N1CCCC(C)C1. The maximum atomic E-state index is 8.95. The van der Waals surface area contributed by atoms with Crippen LogP contribution in [0, 0.1) is 17.2 Å². The third-order valence-electron chi connectivity index (χ3n) is 3.20. The number of likely N-dealkylation sites (tertiary alicyclic amines) is 1. The van der Waals surface area contributed by atoms with E-state index in [1.807, 2.05) is 7.05 Å². The van der Waals surface area contributed by atoms with Gasteiger partial charge in [-0.15, -0.1) is 0 Å². The molecule has 0 amide bonds. The Kier molecular flexibility index (Phi) is 4.37. The van der Waals surface area contributed by atoms with Gasteiger partial charge in [0, 0.05) is 12.6 Å². The number of hydrogen-bond donors (Lipinski definition) is 1. The zero-order valence-electron chi connectivity index (χ0n) is 9.45. The minimum atomic E-state index is -0.0414. The van der Waals surface area contributed by atoms with Crippen LogP contribution < -0.4 is 5.32 Å². The molecule has 3 atom stereocenters. The normalized spacial score (nSPS) is 28.0. The molecular weight excluding hydrogens is 174 g/mol. The molecule has 3 unspecified atom stereocenters. The zero-order valence-corrected chi connectivity index (χ0v) is 9.45. The summed E-state index contributed by atoms with van der Waals surface area (Å²) in [5, 5.41) is 12.0. The maximum Gasteiger partial charge on any atom is 0.110 e. The van der Waals surface area contributed by atoms with E-state index in [0.717, 1.165) is 19.0 Å². The fraction of sp³-hybridized carbons (Fsp3) is 0.909. The molecule has 1 aliphatic heterocycles. The van der Waals surface area contributed by atoms with Crippen LogP contribution in [-0.2, 0) is 0 Å². The number of hydrogen-bond acceptors (Lipinski definition) is 3. The summed E-state index contributed by atoms with van der Waals surface area (Å²) in [6.07, 6.45) is 2.60. The first-order valence-corrected chi connectivity index (χ1v) is 5.50. The van der Waals surface area contributed by atoms with Crippen LogP contribution in [0.15, 0.2) is 0 Å². The first-order valence-electron chi connectivity index (χ1n) is 5.50. The van der Waals surface area contributed by atoms with Gasteiger partial charge in [-0.2, -0.15) is 5.26 Å². The lowest BCUT2D eigenvalue weighted by Crippen LogP contribution is -2.50. The van der Waals surface area contributed by atoms with Crippen LogP contribution in [0.2, 0.25) is 0 Å². The monoisotopic (exact) mass is 195 g/mol. The van der Waals surface area contributed by atoms with E-state index in [-0.39, 0.29) is 6.04 Å². The van der Waals surface area contributed by atoms with Crippen LogP contribution in [0.3, 0.4) is 0 Å². The summed E-state index contributed by atoms with van der Waals surface area (Å²) in [4.78, 5) is 2.43. The van der Waals surface area contributed by atoms with Crippen molar-refractivity contribution in [1.82, 2.24) is 10.2 Å². The molecule has 1 heterocycles. The van der Waals surface area contributed by atoms with Gasteiger partial charge in [-0.25, -0.2) is 0 Å². The molecule has 0 saturated carbocycles. The van der Waals surface area contributed by atoms with E-state index < -0.39 is 0 Å². The summed E-state index contributed by atoms with van der Waals surface area (Å²) in [6.45, 7) is 6.72. The molecule has 0 bridgehead atoms. The first-order chi connectivity index (χ1) is 6.69. The fourth-order valence-electron chi connectivity index (χ4n) is 2.22. The summed E-state index contributed by atoms with van der Waals surface area (Å²) < 4.78 is 0. The highest BCUT2D eigenvalue weighted by Gasteiger charge is 2.25. The van der Waals surface area contributed by atoms with Crippen LogP contribution in [0.1, 0.15) is 26.7 Å². The smallest absolute Gasteiger partial charge is 0.110 e. The van der Waals surface area contributed by atoms with E-state index in [1.54, 1.807) is 0 Å². The first kappa shape index (κ1) is 11.5. The average molecular weight is 195 g/mol. The van der Waals surface area contributed by atoms with Gasteiger partial charge < -0.3 is 5.32 Å². The number of nitrogens with one attached hydrogen (secondary N) is 1. The van der Waals surface area contributed by atoms with Crippen molar-refractivity contribution in [3.05, 3.63) is 0 Å². The van der Waals surface area contributed by atoms with E-state index in [9.17, 15) is 0 Å². The van der Waals surface area contributed by atoms with E-state index in [1.165, 1.54) is 12.8 Å². The molecule has 1 rings (SSSR count). The molecule has 1 saturated heterocycles. The predicted molar refractivity (Wildman–Crippen MR) is 57.9 cm³/mol. The quantitative estimate of drug-likeness (QED) is 0.736. The molecule has 3 nitrogen and oxygen atoms in total. The Labute approximate surface area is 87.1 Å². The topological polar surface area (TPSA) is 39.1 Å². The average Bonchev–Trinajstić information content (AvgIpc) is 2.19. The van der Waals surface area contributed by atoms with Crippen molar-refractivity contribution in [2.75, 3.05) is 20.1 Å². The van der Waals surface area contributed by atoms with Gasteiger partial charge in [0.25, 0.3) is 0 Å². The highest BCUT2D eigenvalue weighted by atomic mass is 15.2. The highest BCUT2D eigenvalue weighted by Crippen LogP contribution is 2.18. The lowest BCUT2D eigenvalue weighted by molar-refractivity contribution is 0.126. The summed E-state index contributed by atoms with van der Waals surface area (Å²) in [5.41, 5.74) is 0. The van der Waals surface area contributed by atoms with Crippen LogP contribution >= 0.6 is 0 Å². The number of nitriles is 1. The van der Waals surface area contributed by atoms with Crippen molar-refractivity contribution in [2.45, 2.75) is 38.8 Å². The van der Waals surface area contributed by atoms with Gasteiger partial charge >= 0.3 is 0 Å². The zero-order chi connectivity index (χ0) is 10.6. The standard InChI is InChI=1S/C11H21N3/c1-9-5-4-6-14(8-9)10(2)11(7-12)13-3/h9-11,13H,4-6,8H2,1-3H3. The van der Waals surface area contributed by atoms with Crippen molar-refractivity contribution >= 4 is 0 Å². The molecule has 1 fully saturated rings. The molecule has 0 aliphatic carbocycles. The lowest BCUT2D eigenvalue weighted by Gasteiger charge is -2.37. The molecule has 0 aromatic rings. The Hall–Kier alpha value is -0.590. The van der Waals surface area contributed by atoms with Gasteiger partial charge in [0.15, 0.2) is 0 Å². The van der Waals surface area contributed by atoms with Crippen LogP contribution in [-0.4, -0.2) is 37.1 Å². The minimum absolute atomic E-state index is 0.0414. The summed E-state index contributed by atoms with van der Waals surface area (Å²) in [5.74, 6) is 0.780. The Bertz CT molecular complexity index is 209. The van der Waals surface area contributed by atoms with Gasteiger partial charge in [0.2, 0.25) is 0 Å². The molecule has 0 aromatic carbocycles. The number of rotatable bonds is 3. The van der Waals surface area contributed by atoms with Gasteiger partial charge in [-0.1, -0.05) is 6.92 Å². The van der Waals surface area contributed by atoms with E-state index in [0.29, 0.717) is 6.04 Å². The number of nitrogens with zero attached hydrogens (tertiary/aromatic N) is 2. The Morgan fingerprint density at radius 2 is 2.29 bits per heavy atom. The minimum Gasteiger partial charge on any atom is -0.304 e.